The molecule has 5 heterocycles. The molecule has 34 heavy (non-hydrogen) atoms. The highest BCUT2D eigenvalue weighted by Crippen LogP contribution is 2.25. The van der Waals surface area contributed by atoms with E-state index < -0.39 is 10.0 Å². The first-order valence-corrected chi connectivity index (χ1v) is 12.9. The summed E-state index contributed by atoms with van der Waals surface area (Å²) < 4.78 is 26.5. The fraction of sp³-hybridized carbons (Fsp3) is 0.348. The van der Waals surface area contributed by atoms with E-state index in [1.807, 2.05) is 41.3 Å². The van der Waals surface area contributed by atoms with Crippen molar-refractivity contribution in [1.29, 1.82) is 0 Å². The molecule has 1 fully saturated rings. The molecule has 11 heteroatoms. The molecule has 1 N–H and O–H groups in total. The molecule has 0 atom stereocenters. The third kappa shape index (κ3) is 4.75. The highest BCUT2D eigenvalue weighted by atomic mass is 32.2. The standard InChI is InChI=1S/C23H26N8O2S/c1-15(2)17-7-23(29-25-9-17)28-22-5-4-20-21(27-22)6-18(8-24-20)19-10-26-30(14-19)11-16-12-31(13-16)34(3,32)33/h4-10,14-16H,11-13H2,1-3H3,(H,27,28,29). The number of nitrogens with zero attached hydrogens (tertiary/aromatic N) is 7. The van der Waals surface area contributed by atoms with E-state index >= 15 is 0 Å². The van der Waals surface area contributed by atoms with Gasteiger partial charge in [0.15, 0.2) is 5.82 Å². The van der Waals surface area contributed by atoms with E-state index in [9.17, 15) is 8.42 Å². The van der Waals surface area contributed by atoms with Gasteiger partial charge in [0.25, 0.3) is 0 Å². The summed E-state index contributed by atoms with van der Waals surface area (Å²) in [5.74, 6) is 1.94. The van der Waals surface area contributed by atoms with Crippen LogP contribution in [0.15, 0.2) is 49.1 Å². The van der Waals surface area contributed by atoms with Crippen molar-refractivity contribution in [3.8, 4) is 11.1 Å². The smallest absolute Gasteiger partial charge is 0.211 e. The van der Waals surface area contributed by atoms with Gasteiger partial charge in [0, 0.05) is 49.1 Å². The van der Waals surface area contributed by atoms with Gasteiger partial charge in [-0.05, 0) is 35.7 Å². The molecular formula is C23H26N8O2S. The largest absolute Gasteiger partial charge is 0.323 e. The second-order valence-corrected chi connectivity index (χ2v) is 11.0. The first-order chi connectivity index (χ1) is 16.2. The van der Waals surface area contributed by atoms with Gasteiger partial charge in [0.1, 0.15) is 5.82 Å². The summed E-state index contributed by atoms with van der Waals surface area (Å²) in [6.07, 6.45) is 8.58. The molecule has 4 aromatic rings. The quantitative estimate of drug-likeness (QED) is 0.431. The number of pyridine rings is 2. The van der Waals surface area contributed by atoms with Crippen LogP contribution in [0, 0.1) is 5.92 Å². The zero-order valence-electron chi connectivity index (χ0n) is 19.3. The molecule has 5 rings (SSSR count). The van der Waals surface area contributed by atoms with Crippen LogP contribution in [0.25, 0.3) is 22.2 Å². The zero-order chi connectivity index (χ0) is 23.9. The summed E-state index contributed by atoms with van der Waals surface area (Å²) in [7, 11) is -3.10. The van der Waals surface area contributed by atoms with E-state index in [0.29, 0.717) is 37.2 Å². The first-order valence-electron chi connectivity index (χ1n) is 11.1. The molecule has 0 saturated carbocycles. The highest BCUT2D eigenvalue weighted by Gasteiger charge is 2.33. The Labute approximate surface area is 198 Å². The summed E-state index contributed by atoms with van der Waals surface area (Å²) in [5.41, 5.74) is 4.50. The molecule has 10 nitrogen and oxygen atoms in total. The normalized spacial score (nSPS) is 15.1. The molecule has 0 spiro atoms. The van der Waals surface area contributed by atoms with Gasteiger partial charge in [0.2, 0.25) is 10.0 Å². The molecule has 0 aromatic carbocycles. The third-order valence-corrected chi connectivity index (χ3v) is 7.18. The number of aromatic nitrogens is 6. The summed E-state index contributed by atoms with van der Waals surface area (Å²) in [6, 6.07) is 7.75. The lowest BCUT2D eigenvalue weighted by Crippen LogP contribution is -2.50. The molecule has 0 amide bonds. The lowest BCUT2D eigenvalue weighted by atomic mass is 10.0. The van der Waals surface area contributed by atoms with Gasteiger partial charge < -0.3 is 5.32 Å². The van der Waals surface area contributed by atoms with E-state index in [0.717, 1.165) is 27.7 Å². The Bertz CT molecular complexity index is 1440. The maximum atomic E-state index is 11.6. The molecule has 0 unspecified atom stereocenters. The van der Waals surface area contributed by atoms with Gasteiger partial charge in [-0.1, -0.05) is 13.8 Å². The fourth-order valence-corrected chi connectivity index (χ4v) is 4.87. The number of hydrogen-bond donors (Lipinski definition) is 1. The monoisotopic (exact) mass is 478 g/mol. The van der Waals surface area contributed by atoms with Crippen LogP contribution in [0.3, 0.4) is 0 Å². The van der Waals surface area contributed by atoms with Gasteiger partial charge in [-0.15, -0.1) is 5.10 Å². The maximum Gasteiger partial charge on any atom is 0.211 e. The molecule has 1 saturated heterocycles. The van der Waals surface area contributed by atoms with Gasteiger partial charge in [0.05, 0.1) is 29.7 Å². The van der Waals surface area contributed by atoms with E-state index in [-0.39, 0.29) is 5.92 Å². The molecule has 1 aliphatic rings. The van der Waals surface area contributed by atoms with Crippen molar-refractivity contribution >= 4 is 32.7 Å². The Hall–Kier alpha value is -3.44. The molecule has 4 aromatic heterocycles. The Kier molecular flexibility index (Phi) is 5.74. The van der Waals surface area contributed by atoms with Crippen molar-refractivity contribution in [3.05, 3.63) is 54.6 Å². The van der Waals surface area contributed by atoms with Gasteiger partial charge in [-0.25, -0.2) is 17.7 Å². The number of sulfonamides is 1. The zero-order valence-corrected chi connectivity index (χ0v) is 20.1. The number of fused-ring (bicyclic) bond motifs is 1. The topological polar surface area (TPSA) is 119 Å². The Morgan fingerprint density at radius 1 is 1.06 bits per heavy atom. The predicted molar refractivity (Wildman–Crippen MR) is 130 cm³/mol. The molecular weight excluding hydrogens is 452 g/mol. The van der Waals surface area contributed by atoms with Gasteiger partial charge in [-0.2, -0.15) is 10.2 Å². The van der Waals surface area contributed by atoms with Crippen molar-refractivity contribution in [2.75, 3.05) is 24.7 Å². The summed E-state index contributed by atoms with van der Waals surface area (Å²) in [6.45, 7) is 5.98. The Morgan fingerprint density at radius 3 is 2.65 bits per heavy atom. The van der Waals surface area contributed by atoms with Gasteiger partial charge >= 0.3 is 0 Å². The van der Waals surface area contributed by atoms with Crippen molar-refractivity contribution in [2.45, 2.75) is 26.3 Å². The number of rotatable bonds is 7. The number of anilines is 2. The molecule has 176 valence electrons. The number of hydrogen-bond acceptors (Lipinski definition) is 8. The fourth-order valence-electron chi connectivity index (χ4n) is 3.91. The van der Waals surface area contributed by atoms with Crippen molar-refractivity contribution < 1.29 is 8.42 Å². The minimum atomic E-state index is -3.10. The molecule has 0 aliphatic carbocycles. The lowest BCUT2D eigenvalue weighted by molar-refractivity contribution is 0.176. The van der Waals surface area contributed by atoms with E-state index in [1.165, 1.54) is 10.6 Å². The summed E-state index contributed by atoms with van der Waals surface area (Å²) >= 11 is 0. The Morgan fingerprint density at radius 2 is 1.88 bits per heavy atom. The molecule has 0 radical (unpaired) electrons. The predicted octanol–water partition coefficient (Wildman–Crippen LogP) is 3.04. The first kappa shape index (κ1) is 22.4. The SMILES string of the molecule is CC(C)c1cnnc(Nc2ccc3ncc(-c4cnn(CC5CN(S(C)(=O)=O)C5)c4)cc3n2)c1. The average Bonchev–Trinajstić information content (AvgIpc) is 3.23. The van der Waals surface area contributed by atoms with Crippen LogP contribution >= 0.6 is 0 Å². The second kappa shape index (κ2) is 8.73. The average molecular weight is 479 g/mol. The van der Waals surface area contributed by atoms with Crippen LogP contribution in [-0.2, 0) is 16.6 Å². The lowest BCUT2D eigenvalue weighted by Gasteiger charge is -2.36. The maximum absolute atomic E-state index is 11.6. The van der Waals surface area contributed by atoms with Crippen LogP contribution < -0.4 is 5.32 Å². The van der Waals surface area contributed by atoms with E-state index in [4.69, 9.17) is 4.98 Å². The van der Waals surface area contributed by atoms with Crippen LogP contribution in [-0.4, -0.2) is 62.0 Å². The van der Waals surface area contributed by atoms with Crippen LogP contribution in [0.2, 0.25) is 0 Å². The highest BCUT2D eigenvalue weighted by molar-refractivity contribution is 7.88. The van der Waals surface area contributed by atoms with Crippen LogP contribution in [0.4, 0.5) is 11.6 Å². The minimum absolute atomic E-state index is 0.268. The summed E-state index contributed by atoms with van der Waals surface area (Å²) in [5, 5.41) is 15.9. The minimum Gasteiger partial charge on any atom is -0.323 e. The van der Waals surface area contributed by atoms with Crippen molar-refractivity contribution in [3.63, 3.8) is 0 Å². The van der Waals surface area contributed by atoms with Crippen LogP contribution in [0.1, 0.15) is 25.3 Å². The number of nitrogens with one attached hydrogen (secondary N) is 1. The van der Waals surface area contributed by atoms with Gasteiger partial charge in [-0.3, -0.25) is 9.67 Å². The van der Waals surface area contributed by atoms with E-state index in [1.54, 1.807) is 12.4 Å². The Balaban J connectivity index is 1.32. The van der Waals surface area contributed by atoms with Crippen molar-refractivity contribution in [2.24, 2.45) is 5.92 Å². The molecule has 0 bridgehead atoms. The third-order valence-electron chi connectivity index (χ3n) is 5.94. The van der Waals surface area contributed by atoms with Crippen molar-refractivity contribution in [1.82, 2.24) is 34.3 Å². The summed E-state index contributed by atoms with van der Waals surface area (Å²) in [4.78, 5) is 9.26. The van der Waals surface area contributed by atoms with E-state index in [2.05, 4.69) is 39.4 Å². The second-order valence-electron chi connectivity index (χ2n) is 9.01. The van der Waals surface area contributed by atoms with Crippen LogP contribution in [0.5, 0.6) is 0 Å². The molecule has 1 aliphatic heterocycles.